The van der Waals surface area contributed by atoms with Crippen molar-refractivity contribution < 1.29 is 9.47 Å². The van der Waals surface area contributed by atoms with E-state index in [4.69, 9.17) is 21.1 Å². The van der Waals surface area contributed by atoms with Gasteiger partial charge in [-0.3, -0.25) is 4.57 Å². The maximum absolute atomic E-state index is 6.27. The zero-order chi connectivity index (χ0) is 15.1. The van der Waals surface area contributed by atoms with E-state index in [0.717, 1.165) is 43.6 Å². The van der Waals surface area contributed by atoms with Gasteiger partial charge in [-0.1, -0.05) is 11.6 Å². The number of halogens is 1. The quantitative estimate of drug-likeness (QED) is 0.760. The Kier molecular flexibility index (Phi) is 5.90. The summed E-state index contributed by atoms with van der Waals surface area (Å²) in [6, 6.07) is 5.53. The fourth-order valence-electron chi connectivity index (χ4n) is 1.95. The first-order valence-electron chi connectivity index (χ1n) is 6.95. The average molecular weight is 310 g/mol. The van der Waals surface area contributed by atoms with E-state index in [9.17, 15) is 0 Å². The number of imidazole rings is 1. The number of hydrogen-bond donors (Lipinski definition) is 1. The molecule has 1 heterocycles. The molecule has 1 aromatic carbocycles. The van der Waals surface area contributed by atoms with Crippen LogP contribution >= 0.6 is 11.6 Å². The lowest BCUT2D eigenvalue weighted by molar-refractivity contribution is 0.147. The van der Waals surface area contributed by atoms with Gasteiger partial charge in [0.05, 0.1) is 17.8 Å². The van der Waals surface area contributed by atoms with Crippen molar-refractivity contribution in [3.63, 3.8) is 0 Å². The largest absolute Gasteiger partial charge is 0.497 e. The van der Waals surface area contributed by atoms with Gasteiger partial charge in [0.15, 0.2) is 0 Å². The summed E-state index contributed by atoms with van der Waals surface area (Å²) >= 11 is 6.27. The number of rotatable bonds is 8. The van der Waals surface area contributed by atoms with Crippen molar-refractivity contribution in [3.8, 4) is 11.4 Å². The number of hydrogen-bond acceptors (Lipinski definition) is 4. The van der Waals surface area contributed by atoms with Gasteiger partial charge < -0.3 is 14.8 Å². The van der Waals surface area contributed by atoms with E-state index in [1.165, 1.54) is 0 Å². The van der Waals surface area contributed by atoms with Gasteiger partial charge in [-0.2, -0.15) is 0 Å². The van der Waals surface area contributed by atoms with Gasteiger partial charge in [0.1, 0.15) is 5.75 Å². The zero-order valence-corrected chi connectivity index (χ0v) is 13.1. The summed E-state index contributed by atoms with van der Waals surface area (Å²) < 4.78 is 12.5. The number of nitrogens with zero attached hydrogens (tertiary/aromatic N) is 2. The summed E-state index contributed by atoms with van der Waals surface area (Å²) in [6.07, 6.45) is 4.53. The molecule has 6 heteroatoms. The molecule has 0 radical (unpaired) electrons. The molecule has 21 heavy (non-hydrogen) atoms. The molecule has 0 saturated heterocycles. The number of aromatic nitrogens is 2. The van der Waals surface area contributed by atoms with Crippen LogP contribution in [0.2, 0.25) is 5.02 Å². The van der Waals surface area contributed by atoms with Crippen LogP contribution in [0.5, 0.6) is 5.75 Å². The minimum atomic E-state index is 0.645. The Morgan fingerprint density at radius 1 is 1.38 bits per heavy atom. The molecule has 0 aliphatic heterocycles. The summed E-state index contributed by atoms with van der Waals surface area (Å²) in [5, 5.41) is 3.93. The highest BCUT2D eigenvalue weighted by Gasteiger charge is 2.09. The van der Waals surface area contributed by atoms with Gasteiger partial charge in [-0.05, 0) is 25.5 Å². The summed E-state index contributed by atoms with van der Waals surface area (Å²) in [7, 11) is 1.63. The minimum absolute atomic E-state index is 0.645. The second-order valence-electron chi connectivity index (χ2n) is 4.42. The normalized spacial score (nSPS) is 10.6. The van der Waals surface area contributed by atoms with E-state index in [1.807, 2.05) is 35.9 Å². The Labute approximate surface area is 129 Å². The van der Waals surface area contributed by atoms with Crippen LogP contribution in [0.1, 0.15) is 13.3 Å². The summed E-state index contributed by atoms with van der Waals surface area (Å²) in [4.78, 5) is 4.32. The van der Waals surface area contributed by atoms with Crippen molar-refractivity contribution in [1.29, 1.82) is 0 Å². The second kappa shape index (κ2) is 7.90. The van der Waals surface area contributed by atoms with Crippen LogP contribution in [0.4, 0.5) is 5.95 Å². The Balaban J connectivity index is 2.09. The Bertz CT molecular complexity index is 572. The van der Waals surface area contributed by atoms with E-state index in [1.54, 1.807) is 13.3 Å². The van der Waals surface area contributed by atoms with Gasteiger partial charge in [-0.25, -0.2) is 4.98 Å². The van der Waals surface area contributed by atoms with Crippen molar-refractivity contribution in [2.75, 3.05) is 32.2 Å². The molecular formula is C15H20ClN3O2. The van der Waals surface area contributed by atoms with Crippen molar-refractivity contribution in [2.45, 2.75) is 13.3 Å². The van der Waals surface area contributed by atoms with Crippen molar-refractivity contribution in [2.24, 2.45) is 0 Å². The molecule has 5 nitrogen and oxygen atoms in total. The third-order valence-corrected chi connectivity index (χ3v) is 3.33. The van der Waals surface area contributed by atoms with E-state index >= 15 is 0 Å². The van der Waals surface area contributed by atoms with Crippen LogP contribution in [0.3, 0.4) is 0 Å². The molecule has 0 fully saturated rings. The first-order valence-corrected chi connectivity index (χ1v) is 7.33. The maximum Gasteiger partial charge on any atom is 0.207 e. The zero-order valence-electron chi connectivity index (χ0n) is 12.3. The molecule has 1 aromatic heterocycles. The second-order valence-corrected chi connectivity index (χ2v) is 4.82. The predicted octanol–water partition coefficient (Wildman–Crippen LogP) is 3.37. The molecule has 0 amide bonds. The number of ether oxygens (including phenoxy) is 2. The lowest BCUT2D eigenvalue weighted by Crippen LogP contribution is -2.10. The van der Waals surface area contributed by atoms with Crippen LogP contribution in [0, 0.1) is 0 Å². The number of anilines is 1. The van der Waals surface area contributed by atoms with Crippen LogP contribution < -0.4 is 10.1 Å². The van der Waals surface area contributed by atoms with E-state index < -0.39 is 0 Å². The van der Waals surface area contributed by atoms with Gasteiger partial charge in [0.2, 0.25) is 5.95 Å². The smallest absolute Gasteiger partial charge is 0.207 e. The van der Waals surface area contributed by atoms with Crippen LogP contribution in [0.15, 0.2) is 30.6 Å². The van der Waals surface area contributed by atoms with Gasteiger partial charge in [0, 0.05) is 38.2 Å². The van der Waals surface area contributed by atoms with Gasteiger partial charge in [0.25, 0.3) is 0 Å². The number of methoxy groups -OCH3 is 1. The van der Waals surface area contributed by atoms with Crippen LogP contribution in [-0.4, -0.2) is 36.4 Å². The van der Waals surface area contributed by atoms with E-state index in [0.29, 0.717) is 5.02 Å². The van der Waals surface area contributed by atoms with Crippen molar-refractivity contribution in [1.82, 2.24) is 9.55 Å². The Hall–Kier alpha value is -1.72. The highest BCUT2D eigenvalue weighted by Crippen LogP contribution is 2.27. The van der Waals surface area contributed by atoms with Gasteiger partial charge in [-0.15, -0.1) is 0 Å². The Morgan fingerprint density at radius 3 is 3.00 bits per heavy atom. The Morgan fingerprint density at radius 2 is 2.24 bits per heavy atom. The summed E-state index contributed by atoms with van der Waals surface area (Å²) in [5.74, 6) is 1.51. The molecule has 0 atom stereocenters. The molecule has 0 aliphatic rings. The molecule has 1 N–H and O–H groups in total. The van der Waals surface area contributed by atoms with Gasteiger partial charge >= 0.3 is 0 Å². The molecule has 0 bridgehead atoms. The highest BCUT2D eigenvalue weighted by molar-refractivity contribution is 6.32. The fraction of sp³-hybridized carbons (Fsp3) is 0.400. The lowest BCUT2D eigenvalue weighted by Gasteiger charge is -2.12. The van der Waals surface area contributed by atoms with Crippen LogP contribution in [0.25, 0.3) is 5.69 Å². The first kappa shape index (κ1) is 15.7. The maximum atomic E-state index is 6.27. The number of nitrogens with one attached hydrogen (secondary N) is 1. The predicted molar refractivity (Wildman–Crippen MR) is 84.7 cm³/mol. The highest BCUT2D eigenvalue weighted by atomic mass is 35.5. The fourth-order valence-corrected chi connectivity index (χ4v) is 2.16. The molecule has 2 aromatic rings. The monoisotopic (exact) mass is 309 g/mol. The SMILES string of the molecule is CCOCCCNc1nccn1-c1cc(OC)ccc1Cl. The molecule has 2 rings (SSSR count). The average Bonchev–Trinajstić information content (AvgIpc) is 2.96. The van der Waals surface area contributed by atoms with E-state index in [2.05, 4.69) is 10.3 Å². The van der Waals surface area contributed by atoms with Crippen LogP contribution in [-0.2, 0) is 4.74 Å². The third-order valence-electron chi connectivity index (χ3n) is 3.01. The third kappa shape index (κ3) is 4.12. The number of benzene rings is 1. The lowest BCUT2D eigenvalue weighted by atomic mass is 10.3. The molecular weight excluding hydrogens is 290 g/mol. The molecule has 0 aliphatic carbocycles. The summed E-state index contributed by atoms with van der Waals surface area (Å²) in [6.45, 7) is 4.27. The van der Waals surface area contributed by atoms with Crippen molar-refractivity contribution in [3.05, 3.63) is 35.6 Å². The molecule has 0 unspecified atom stereocenters. The summed E-state index contributed by atoms with van der Waals surface area (Å²) in [5.41, 5.74) is 0.834. The van der Waals surface area contributed by atoms with E-state index in [-0.39, 0.29) is 0 Å². The standard InChI is InChI=1S/C15H20ClN3O2/c1-3-21-10-4-7-17-15-18-8-9-19(15)14-11-12(20-2)5-6-13(14)16/h5-6,8-9,11H,3-4,7,10H2,1-2H3,(H,17,18). The van der Waals surface area contributed by atoms with Crippen molar-refractivity contribution >= 4 is 17.5 Å². The molecule has 0 saturated carbocycles. The first-order chi connectivity index (χ1) is 10.3. The minimum Gasteiger partial charge on any atom is -0.497 e. The molecule has 0 spiro atoms. The topological polar surface area (TPSA) is 48.3 Å². The molecule has 114 valence electrons.